The number of thioether (sulfide) groups is 1. The molecule has 1 heterocycles. The van der Waals surface area contributed by atoms with Crippen molar-refractivity contribution in [1.82, 2.24) is 4.98 Å². The van der Waals surface area contributed by atoms with Gasteiger partial charge in [-0.2, -0.15) is 5.26 Å². The lowest BCUT2D eigenvalue weighted by Crippen LogP contribution is -2.12. The molecular weight excluding hydrogens is 280 g/mol. The Bertz CT molecular complexity index is 711. The highest BCUT2D eigenvalue weighted by Gasteiger charge is 2.10. The molecule has 0 radical (unpaired) electrons. The first-order chi connectivity index (χ1) is 10.2. The monoisotopic (exact) mass is 298 g/mol. The van der Waals surface area contributed by atoms with Gasteiger partial charge in [0.25, 0.3) is 5.56 Å². The molecule has 1 aromatic heterocycles. The first kappa shape index (κ1) is 15.4. The highest BCUT2D eigenvalue weighted by molar-refractivity contribution is 7.99. The molecule has 0 atom stereocenters. The summed E-state index contributed by atoms with van der Waals surface area (Å²) in [6, 6.07) is 11.9. The first-order valence-corrected chi connectivity index (χ1v) is 8.01. The van der Waals surface area contributed by atoms with Crippen molar-refractivity contribution in [1.29, 1.82) is 5.26 Å². The molecule has 4 heteroatoms. The number of hydrogen-bond acceptors (Lipinski definition) is 3. The number of nitriles is 1. The van der Waals surface area contributed by atoms with Crippen LogP contribution in [0.25, 0.3) is 11.1 Å². The van der Waals surface area contributed by atoms with E-state index < -0.39 is 0 Å². The molecule has 0 aliphatic rings. The number of nitrogens with one attached hydrogen (secondary N) is 1. The third-order valence-corrected chi connectivity index (χ3v) is 4.31. The van der Waals surface area contributed by atoms with E-state index in [2.05, 4.69) is 11.9 Å². The Morgan fingerprint density at radius 2 is 2.00 bits per heavy atom. The van der Waals surface area contributed by atoms with Crippen molar-refractivity contribution in [2.24, 2.45) is 0 Å². The summed E-state index contributed by atoms with van der Waals surface area (Å²) in [5.74, 6) is 1.11. The minimum Gasteiger partial charge on any atom is -0.325 e. The number of aromatic nitrogens is 1. The van der Waals surface area contributed by atoms with E-state index >= 15 is 0 Å². The molecule has 1 aromatic carbocycles. The maximum Gasteiger partial charge on any atom is 0.266 e. The number of benzene rings is 1. The summed E-state index contributed by atoms with van der Waals surface area (Å²) in [6.07, 6.45) is 2.40. The molecule has 2 rings (SSSR count). The van der Waals surface area contributed by atoms with Gasteiger partial charge in [0.05, 0.1) is 0 Å². The van der Waals surface area contributed by atoms with Gasteiger partial charge < -0.3 is 4.98 Å². The predicted molar refractivity (Wildman–Crippen MR) is 87.6 cm³/mol. The van der Waals surface area contributed by atoms with Crippen LogP contribution >= 0.6 is 11.8 Å². The average molecular weight is 298 g/mol. The van der Waals surface area contributed by atoms with E-state index in [1.807, 2.05) is 55.1 Å². The Kier molecular flexibility index (Phi) is 5.24. The lowest BCUT2D eigenvalue weighted by molar-refractivity contribution is 0.896. The van der Waals surface area contributed by atoms with Crippen LogP contribution in [-0.2, 0) is 0 Å². The quantitative estimate of drug-likeness (QED) is 0.667. The van der Waals surface area contributed by atoms with Gasteiger partial charge in [-0.05, 0) is 42.9 Å². The minimum absolute atomic E-state index is 0.173. The fourth-order valence-electron chi connectivity index (χ4n) is 2.09. The van der Waals surface area contributed by atoms with Crippen LogP contribution in [0.5, 0.6) is 0 Å². The average Bonchev–Trinajstić information content (AvgIpc) is 2.47. The fraction of sp³-hybridized carbons (Fsp3) is 0.294. The highest BCUT2D eigenvalue weighted by Crippen LogP contribution is 2.26. The van der Waals surface area contributed by atoms with Crippen LogP contribution in [0, 0.1) is 18.3 Å². The van der Waals surface area contributed by atoms with Crippen LogP contribution in [0.15, 0.2) is 40.0 Å². The zero-order chi connectivity index (χ0) is 15.2. The third-order valence-electron chi connectivity index (χ3n) is 3.21. The SMILES string of the molecule is CCCCSc1ccc(-c2cc(C)[nH]c(=O)c2C#N)cc1. The van der Waals surface area contributed by atoms with Crippen LogP contribution < -0.4 is 5.56 Å². The maximum absolute atomic E-state index is 11.8. The summed E-state index contributed by atoms with van der Waals surface area (Å²) >= 11 is 1.83. The second kappa shape index (κ2) is 7.14. The molecule has 0 saturated heterocycles. The number of hydrogen-bond donors (Lipinski definition) is 1. The van der Waals surface area contributed by atoms with Crippen LogP contribution in [0.2, 0.25) is 0 Å². The standard InChI is InChI=1S/C17H18N2OS/c1-3-4-9-21-14-7-5-13(6-8-14)15-10-12(2)19-17(20)16(15)11-18/h5-8,10H,3-4,9H2,1-2H3,(H,19,20). The number of aromatic amines is 1. The van der Waals surface area contributed by atoms with Gasteiger partial charge in [-0.15, -0.1) is 11.8 Å². The van der Waals surface area contributed by atoms with Gasteiger partial charge in [-0.25, -0.2) is 0 Å². The van der Waals surface area contributed by atoms with Crippen molar-refractivity contribution in [3.05, 3.63) is 51.9 Å². The molecule has 2 aromatic rings. The first-order valence-electron chi connectivity index (χ1n) is 7.03. The number of aryl methyl sites for hydroxylation is 1. The summed E-state index contributed by atoms with van der Waals surface area (Å²) in [5.41, 5.74) is 2.21. The largest absolute Gasteiger partial charge is 0.325 e. The van der Waals surface area contributed by atoms with Gasteiger partial charge in [0.2, 0.25) is 0 Å². The van der Waals surface area contributed by atoms with E-state index in [0.29, 0.717) is 5.56 Å². The lowest BCUT2D eigenvalue weighted by atomic mass is 10.0. The van der Waals surface area contributed by atoms with Gasteiger partial charge in [0.15, 0.2) is 0 Å². The Morgan fingerprint density at radius 1 is 1.29 bits per heavy atom. The van der Waals surface area contributed by atoms with Crippen molar-refractivity contribution in [2.75, 3.05) is 5.75 Å². The third kappa shape index (κ3) is 3.77. The summed E-state index contributed by atoms with van der Waals surface area (Å²) < 4.78 is 0. The van der Waals surface area contributed by atoms with E-state index in [0.717, 1.165) is 17.0 Å². The second-order valence-electron chi connectivity index (χ2n) is 4.91. The van der Waals surface area contributed by atoms with Crippen LogP contribution in [0.3, 0.4) is 0 Å². The minimum atomic E-state index is -0.325. The van der Waals surface area contributed by atoms with Crippen molar-refractivity contribution >= 4 is 11.8 Å². The fourth-order valence-corrected chi connectivity index (χ4v) is 3.09. The topological polar surface area (TPSA) is 56.6 Å². The van der Waals surface area contributed by atoms with Crippen molar-refractivity contribution < 1.29 is 0 Å². The van der Waals surface area contributed by atoms with Crippen LogP contribution in [0.1, 0.15) is 31.0 Å². The molecule has 3 nitrogen and oxygen atoms in total. The molecule has 0 saturated carbocycles. The molecular formula is C17H18N2OS. The smallest absolute Gasteiger partial charge is 0.266 e. The maximum atomic E-state index is 11.8. The summed E-state index contributed by atoms with van der Waals surface area (Å²) in [6.45, 7) is 4.00. The Labute approximate surface area is 129 Å². The molecule has 108 valence electrons. The second-order valence-corrected chi connectivity index (χ2v) is 6.08. The van der Waals surface area contributed by atoms with E-state index in [1.165, 1.54) is 17.7 Å². The number of H-pyrrole nitrogens is 1. The molecule has 0 spiro atoms. The Balaban J connectivity index is 2.31. The summed E-state index contributed by atoms with van der Waals surface area (Å²) in [7, 11) is 0. The Hall–Kier alpha value is -1.99. The lowest BCUT2D eigenvalue weighted by Gasteiger charge is -2.07. The van der Waals surface area contributed by atoms with Crippen molar-refractivity contribution in [2.45, 2.75) is 31.6 Å². The van der Waals surface area contributed by atoms with Crippen molar-refractivity contribution in [3.63, 3.8) is 0 Å². The molecule has 0 aliphatic carbocycles. The van der Waals surface area contributed by atoms with Crippen LogP contribution in [0.4, 0.5) is 0 Å². The normalized spacial score (nSPS) is 10.3. The van der Waals surface area contributed by atoms with E-state index in [1.54, 1.807) is 0 Å². The molecule has 1 N–H and O–H groups in total. The zero-order valence-corrected chi connectivity index (χ0v) is 13.1. The van der Waals surface area contributed by atoms with Gasteiger partial charge >= 0.3 is 0 Å². The number of nitrogens with zero attached hydrogens (tertiary/aromatic N) is 1. The summed E-state index contributed by atoms with van der Waals surface area (Å²) in [5, 5.41) is 9.18. The molecule has 0 unspecified atom stereocenters. The highest BCUT2D eigenvalue weighted by atomic mass is 32.2. The molecule has 0 bridgehead atoms. The molecule has 21 heavy (non-hydrogen) atoms. The van der Waals surface area contributed by atoms with Gasteiger partial charge in [-0.3, -0.25) is 4.79 Å². The number of rotatable bonds is 5. The molecule has 0 fully saturated rings. The number of pyridine rings is 1. The molecule has 0 aliphatic heterocycles. The summed E-state index contributed by atoms with van der Waals surface area (Å²) in [4.78, 5) is 15.7. The number of unbranched alkanes of at least 4 members (excludes halogenated alkanes) is 1. The van der Waals surface area contributed by atoms with E-state index in [4.69, 9.17) is 0 Å². The van der Waals surface area contributed by atoms with E-state index in [9.17, 15) is 10.1 Å². The zero-order valence-electron chi connectivity index (χ0n) is 12.3. The molecule has 0 amide bonds. The Morgan fingerprint density at radius 3 is 2.62 bits per heavy atom. The van der Waals surface area contributed by atoms with Gasteiger partial charge in [0.1, 0.15) is 11.6 Å². The van der Waals surface area contributed by atoms with Crippen LogP contribution in [-0.4, -0.2) is 10.7 Å². The predicted octanol–water partition coefficient (Wildman–Crippen LogP) is 4.11. The van der Waals surface area contributed by atoms with E-state index in [-0.39, 0.29) is 11.1 Å². The van der Waals surface area contributed by atoms with Gasteiger partial charge in [-0.1, -0.05) is 25.5 Å². The van der Waals surface area contributed by atoms with Crippen molar-refractivity contribution in [3.8, 4) is 17.2 Å². The van der Waals surface area contributed by atoms with Gasteiger partial charge in [0, 0.05) is 16.2 Å².